The van der Waals surface area contributed by atoms with E-state index in [1.54, 1.807) is 36.2 Å². The van der Waals surface area contributed by atoms with Gasteiger partial charge in [0.05, 0.1) is 6.42 Å². The second-order valence-corrected chi connectivity index (χ2v) is 5.48. The summed E-state index contributed by atoms with van der Waals surface area (Å²) in [4.78, 5) is 24.4. The minimum Gasteiger partial charge on any atom is -0.482 e. The first-order chi connectivity index (χ1) is 11.5. The highest BCUT2D eigenvalue weighted by Crippen LogP contribution is 2.19. The van der Waals surface area contributed by atoms with Crippen molar-refractivity contribution in [2.75, 3.05) is 18.6 Å². The topological polar surface area (TPSA) is 66.8 Å². The van der Waals surface area contributed by atoms with Crippen LogP contribution in [0.1, 0.15) is 18.1 Å². The van der Waals surface area contributed by atoms with E-state index in [0.29, 0.717) is 12.2 Å². The molecular weight excluding hydrogens is 306 g/mol. The van der Waals surface area contributed by atoms with Gasteiger partial charge in [0, 0.05) is 12.7 Å². The second-order valence-electron chi connectivity index (χ2n) is 5.48. The Hall–Kier alpha value is -2.82. The Labute approximate surface area is 141 Å². The summed E-state index contributed by atoms with van der Waals surface area (Å²) >= 11 is 0. The summed E-state index contributed by atoms with van der Waals surface area (Å²) in [5.41, 5.74) is 2.95. The normalized spacial score (nSPS) is 10.2. The van der Waals surface area contributed by atoms with Gasteiger partial charge in [-0.25, -0.2) is 4.79 Å². The fourth-order valence-corrected chi connectivity index (χ4v) is 2.24. The van der Waals surface area contributed by atoms with Crippen molar-refractivity contribution in [3.8, 4) is 5.75 Å². The molecule has 24 heavy (non-hydrogen) atoms. The Morgan fingerprint density at radius 3 is 2.12 bits per heavy atom. The molecule has 0 spiro atoms. The number of benzene rings is 2. The van der Waals surface area contributed by atoms with Crippen molar-refractivity contribution in [3.05, 3.63) is 59.7 Å². The molecule has 0 atom stereocenters. The number of carboxylic acids is 1. The fraction of sp³-hybridized carbons (Fsp3) is 0.263. The Balaban J connectivity index is 1.97. The maximum atomic E-state index is 12.4. The first kappa shape index (κ1) is 17.5. The van der Waals surface area contributed by atoms with E-state index in [1.165, 1.54) is 5.56 Å². The SMILES string of the molecule is CCc1ccc(CC(=O)N(C)c2ccc(OCC(=O)O)cc2)cc1. The number of hydrogen-bond acceptors (Lipinski definition) is 3. The Morgan fingerprint density at radius 2 is 1.58 bits per heavy atom. The number of hydrogen-bond donors (Lipinski definition) is 1. The molecule has 1 N–H and O–H groups in total. The number of carboxylic acid groups (broad SMARTS) is 1. The van der Waals surface area contributed by atoms with Crippen LogP contribution in [0.5, 0.6) is 5.75 Å². The minimum atomic E-state index is -1.03. The number of aliphatic carboxylic acids is 1. The maximum absolute atomic E-state index is 12.4. The van der Waals surface area contributed by atoms with Gasteiger partial charge in [0.15, 0.2) is 6.61 Å². The van der Waals surface area contributed by atoms with Crippen molar-refractivity contribution in [3.63, 3.8) is 0 Å². The Bertz CT molecular complexity index is 692. The molecule has 0 aliphatic carbocycles. The number of carbonyl (C=O) groups excluding carboxylic acids is 1. The molecule has 0 unspecified atom stereocenters. The summed E-state index contributed by atoms with van der Waals surface area (Å²) in [5, 5.41) is 8.59. The highest BCUT2D eigenvalue weighted by atomic mass is 16.5. The third-order valence-corrected chi connectivity index (χ3v) is 3.75. The predicted octanol–water partition coefficient (Wildman–Crippen LogP) is 2.92. The van der Waals surface area contributed by atoms with E-state index < -0.39 is 5.97 Å². The molecule has 0 heterocycles. The maximum Gasteiger partial charge on any atom is 0.341 e. The summed E-state index contributed by atoms with van der Waals surface area (Å²) in [6.45, 7) is 1.71. The van der Waals surface area contributed by atoms with Gasteiger partial charge in [0.2, 0.25) is 5.91 Å². The van der Waals surface area contributed by atoms with E-state index in [0.717, 1.165) is 17.7 Å². The number of anilines is 1. The lowest BCUT2D eigenvalue weighted by Gasteiger charge is -2.18. The van der Waals surface area contributed by atoms with Gasteiger partial charge in [0.1, 0.15) is 5.75 Å². The molecule has 2 rings (SSSR count). The van der Waals surface area contributed by atoms with Crippen LogP contribution in [-0.2, 0) is 22.4 Å². The largest absolute Gasteiger partial charge is 0.482 e. The summed E-state index contributed by atoms with van der Waals surface area (Å²) in [6.07, 6.45) is 1.31. The molecule has 5 nitrogen and oxygen atoms in total. The summed E-state index contributed by atoms with van der Waals surface area (Å²) in [7, 11) is 1.72. The molecule has 0 radical (unpaired) electrons. The van der Waals surface area contributed by atoms with Gasteiger partial charge >= 0.3 is 5.97 Å². The van der Waals surface area contributed by atoms with Crippen LogP contribution >= 0.6 is 0 Å². The molecule has 0 saturated carbocycles. The van der Waals surface area contributed by atoms with Crippen molar-refractivity contribution in [2.24, 2.45) is 0 Å². The average Bonchev–Trinajstić information content (AvgIpc) is 2.60. The Kier molecular flexibility index (Phi) is 5.95. The molecule has 0 aromatic heterocycles. The smallest absolute Gasteiger partial charge is 0.341 e. The number of rotatable bonds is 7. The predicted molar refractivity (Wildman–Crippen MR) is 92.5 cm³/mol. The van der Waals surface area contributed by atoms with E-state index in [9.17, 15) is 9.59 Å². The van der Waals surface area contributed by atoms with Crippen LogP contribution in [0.15, 0.2) is 48.5 Å². The minimum absolute atomic E-state index is 0.0153. The highest BCUT2D eigenvalue weighted by Gasteiger charge is 2.12. The number of nitrogens with zero attached hydrogens (tertiary/aromatic N) is 1. The first-order valence-electron chi connectivity index (χ1n) is 7.78. The standard InChI is InChI=1S/C19H21NO4/c1-3-14-4-6-15(7-5-14)12-18(21)20(2)16-8-10-17(11-9-16)24-13-19(22)23/h4-11H,3,12-13H2,1-2H3,(H,22,23). The van der Waals surface area contributed by atoms with Crippen molar-refractivity contribution < 1.29 is 19.4 Å². The van der Waals surface area contributed by atoms with E-state index in [1.807, 2.05) is 24.3 Å². The summed E-state index contributed by atoms with van der Waals surface area (Å²) in [5.74, 6) is -0.587. The number of carbonyl (C=O) groups is 2. The zero-order chi connectivity index (χ0) is 17.5. The van der Waals surface area contributed by atoms with Gasteiger partial charge in [-0.15, -0.1) is 0 Å². The zero-order valence-corrected chi connectivity index (χ0v) is 13.9. The van der Waals surface area contributed by atoms with Gasteiger partial charge in [-0.2, -0.15) is 0 Å². The van der Waals surface area contributed by atoms with Crippen molar-refractivity contribution in [1.29, 1.82) is 0 Å². The molecule has 5 heteroatoms. The lowest BCUT2D eigenvalue weighted by Crippen LogP contribution is -2.27. The monoisotopic (exact) mass is 327 g/mol. The van der Waals surface area contributed by atoms with Crippen LogP contribution in [-0.4, -0.2) is 30.6 Å². The van der Waals surface area contributed by atoms with Gasteiger partial charge in [0.25, 0.3) is 0 Å². The van der Waals surface area contributed by atoms with Crippen LogP contribution in [0.25, 0.3) is 0 Å². The number of ether oxygens (including phenoxy) is 1. The van der Waals surface area contributed by atoms with E-state index in [4.69, 9.17) is 9.84 Å². The van der Waals surface area contributed by atoms with Gasteiger partial charge in [-0.3, -0.25) is 4.79 Å². The Morgan fingerprint density at radius 1 is 1.00 bits per heavy atom. The van der Waals surface area contributed by atoms with E-state index in [-0.39, 0.29) is 12.5 Å². The van der Waals surface area contributed by atoms with E-state index in [2.05, 4.69) is 6.92 Å². The first-order valence-corrected chi connectivity index (χ1v) is 7.78. The fourth-order valence-electron chi connectivity index (χ4n) is 2.24. The summed E-state index contributed by atoms with van der Waals surface area (Å²) < 4.78 is 5.08. The van der Waals surface area contributed by atoms with Crippen LogP contribution in [0.4, 0.5) is 5.69 Å². The molecule has 0 aliphatic rings. The average molecular weight is 327 g/mol. The van der Waals surface area contributed by atoms with E-state index >= 15 is 0 Å². The molecule has 2 aromatic carbocycles. The summed E-state index contributed by atoms with van der Waals surface area (Å²) in [6, 6.07) is 14.8. The van der Waals surface area contributed by atoms with Crippen molar-refractivity contribution >= 4 is 17.6 Å². The van der Waals surface area contributed by atoms with Crippen molar-refractivity contribution in [1.82, 2.24) is 0 Å². The molecule has 1 amide bonds. The molecular formula is C19H21NO4. The molecule has 126 valence electrons. The lowest BCUT2D eigenvalue weighted by atomic mass is 10.1. The molecule has 0 fully saturated rings. The molecule has 0 aliphatic heterocycles. The van der Waals surface area contributed by atoms with Gasteiger partial charge in [-0.05, 0) is 41.8 Å². The number of amides is 1. The number of likely N-dealkylation sites (N-methyl/N-ethyl adjacent to an activating group) is 1. The second kappa shape index (κ2) is 8.15. The van der Waals surface area contributed by atoms with Crippen LogP contribution in [0.2, 0.25) is 0 Å². The highest BCUT2D eigenvalue weighted by molar-refractivity contribution is 5.94. The molecule has 0 saturated heterocycles. The number of aryl methyl sites for hydroxylation is 1. The van der Waals surface area contributed by atoms with Crippen molar-refractivity contribution in [2.45, 2.75) is 19.8 Å². The van der Waals surface area contributed by atoms with Crippen LogP contribution < -0.4 is 9.64 Å². The quantitative estimate of drug-likeness (QED) is 0.849. The van der Waals surface area contributed by atoms with Gasteiger partial charge in [-0.1, -0.05) is 31.2 Å². The third kappa shape index (κ3) is 4.84. The van der Waals surface area contributed by atoms with Gasteiger partial charge < -0.3 is 14.7 Å². The van der Waals surface area contributed by atoms with Crippen LogP contribution in [0.3, 0.4) is 0 Å². The van der Waals surface area contributed by atoms with Crippen LogP contribution in [0, 0.1) is 0 Å². The lowest BCUT2D eigenvalue weighted by molar-refractivity contribution is -0.139. The zero-order valence-electron chi connectivity index (χ0n) is 13.9. The molecule has 2 aromatic rings. The third-order valence-electron chi connectivity index (χ3n) is 3.75. The molecule has 0 bridgehead atoms.